The molecule has 0 bridgehead atoms. The maximum absolute atomic E-state index is 13.1. The molecule has 4 rings (SSSR count). The Morgan fingerprint density at radius 1 is 1.17 bits per heavy atom. The molecule has 10 heteroatoms. The number of hydrogen-bond acceptors (Lipinski definition) is 8. The van der Waals surface area contributed by atoms with Crippen molar-refractivity contribution in [2.45, 2.75) is 44.7 Å². The van der Waals surface area contributed by atoms with E-state index in [0.717, 1.165) is 24.9 Å². The van der Waals surface area contributed by atoms with Gasteiger partial charge < -0.3 is 9.64 Å². The standard InChI is InChI=1S/C25H29N5O4S.2H2/c1-16(2)34-22-13-10-19(14-26-22)21-12-11-20(24(28-21)30(4)15-18-8-9-18)25(31)29-35(32,33)23-7-5-6-17(3)27-23;;/h5-7,10-14,16,18H,8-9,15H2,1-4H3,(H,29,31);2*1H. The maximum Gasteiger partial charge on any atom is 0.281 e. The summed E-state index contributed by atoms with van der Waals surface area (Å²) in [5.74, 6) is 0.696. The van der Waals surface area contributed by atoms with Crippen molar-refractivity contribution < 1.29 is 20.8 Å². The average molecular weight is 500 g/mol. The summed E-state index contributed by atoms with van der Waals surface area (Å²) >= 11 is 0. The number of hydrogen-bond donors (Lipinski definition) is 1. The second-order valence-corrected chi connectivity index (χ2v) is 10.6. The summed E-state index contributed by atoms with van der Waals surface area (Å²) in [6, 6.07) is 11.5. The molecule has 0 atom stereocenters. The van der Waals surface area contributed by atoms with Crippen LogP contribution in [0.2, 0.25) is 0 Å². The summed E-state index contributed by atoms with van der Waals surface area (Å²) in [6.07, 6.45) is 3.93. The Bertz CT molecular complexity index is 1330. The van der Waals surface area contributed by atoms with Crippen molar-refractivity contribution in [2.24, 2.45) is 5.92 Å². The van der Waals surface area contributed by atoms with Gasteiger partial charge in [-0.1, -0.05) is 6.07 Å². The molecule has 188 valence electrons. The van der Waals surface area contributed by atoms with E-state index in [2.05, 4.69) is 14.7 Å². The van der Waals surface area contributed by atoms with Crippen LogP contribution < -0.4 is 14.4 Å². The van der Waals surface area contributed by atoms with Crippen molar-refractivity contribution in [3.8, 4) is 17.1 Å². The van der Waals surface area contributed by atoms with Crippen LogP contribution in [0.15, 0.2) is 53.7 Å². The van der Waals surface area contributed by atoms with Crippen LogP contribution in [0.1, 0.15) is 45.6 Å². The fourth-order valence-electron chi connectivity index (χ4n) is 3.59. The Morgan fingerprint density at radius 3 is 2.57 bits per heavy atom. The predicted molar refractivity (Wildman–Crippen MR) is 137 cm³/mol. The fourth-order valence-corrected chi connectivity index (χ4v) is 4.57. The minimum Gasteiger partial charge on any atom is -0.475 e. The van der Waals surface area contributed by atoms with E-state index >= 15 is 0 Å². The monoisotopic (exact) mass is 499 g/mol. The smallest absolute Gasteiger partial charge is 0.281 e. The van der Waals surface area contributed by atoms with E-state index in [1.54, 1.807) is 43.5 Å². The largest absolute Gasteiger partial charge is 0.475 e. The number of anilines is 1. The molecular formula is C25H33N5O4S. The number of nitrogens with one attached hydrogen (secondary N) is 1. The van der Waals surface area contributed by atoms with Crippen LogP contribution in [-0.2, 0) is 10.0 Å². The second-order valence-electron chi connectivity index (χ2n) is 9.00. The van der Waals surface area contributed by atoms with Gasteiger partial charge in [0.25, 0.3) is 15.9 Å². The van der Waals surface area contributed by atoms with Crippen LogP contribution in [0.25, 0.3) is 11.3 Å². The van der Waals surface area contributed by atoms with Crippen LogP contribution >= 0.6 is 0 Å². The molecule has 0 radical (unpaired) electrons. The number of nitrogens with zero attached hydrogens (tertiary/aromatic N) is 4. The molecule has 3 heterocycles. The first-order valence-electron chi connectivity index (χ1n) is 11.5. The zero-order chi connectivity index (χ0) is 25.2. The number of carbonyl (C=O) groups is 1. The van der Waals surface area contributed by atoms with E-state index in [1.165, 1.54) is 6.07 Å². The van der Waals surface area contributed by atoms with E-state index in [0.29, 0.717) is 29.0 Å². The second kappa shape index (κ2) is 9.99. The molecule has 3 aromatic heterocycles. The fraction of sp³-hybridized carbons (Fsp3) is 0.360. The zero-order valence-corrected chi connectivity index (χ0v) is 21.0. The molecule has 9 nitrogen and oxygen atoms in total. The van der Waals surface area contributed by atoms with Gasteiger partial charge in [-0.3, -0.25) is 4.79 Å². The minimum atomic E-state index is -4.14. The lowest BCUT2D eigenvalue weighted by molar-refractivity contribution is 0.0981. The highest BCUT2D eigenvalue weighted by molar-refractivity contribution is 7.90. The third kappa shape index (κ3) is 6.13. The maximum atomic E-state index is 13.1. The molecule has 1 aliphatic rings. The molecule has 3 aromatic rings. The summed E-state index contributed by atoms with van der Waals surface area (Å²) < 4.78 is 33.3. The first kappa shape index (κ1) is 24.6. The van der Waals surface area contributed by atoms with E-state index in [4.69, 9.17) is 9.72 Å². The van der Waals surface area contributed by atoms with Crippen molar-refractivity contribution in [1.82, 2.24) is 19.7 Å². The van der Waals surface area contributed by atoms with Gasteiger partial charge in [0.2, 0.25) is 5.88 Å². The topological polar surface area (TPSA) is 114 Å². The summed E-state index contributed by atoms with van der Waals surface area (Å²) in [5.41, 5.74) is 2.08. The van der Waals surface area contributed by atoms with Gasteiger partial charge in [0.15, 0.2) is 5.03 Å². The summed E-state index contributed by atoms with van der Waals surface area (Å²) in [4.78, 5) is 28.1. The first-order chi connectivity index (χ1) is 16.6. The molecule has 1 saturated carbocycles. The van der Waals surface area contributed by atoms with E-state index in [-0.39, 0.29) is 19.5 Å². The molecule has 0 aliphatic heterocycles. The van der Waals surface area contributed by atoms with Crippen LogP contribution in [-0.4, -0.2) is 49.0 Å². The molecular weight excluding hydrogens is 466 g/mol. The van der Waals surface area contributed by atoms with Gasteiger partial charge in [0, 0.05) is 40.0 Å². The number of aromatic nitrogens is 3. The Hall–Kier alpha value is -3.53. The van der Waals surface area contributed by atoms with E-state index < -0.39 is 15.9 Å². The summed E-state index contributed by atoms with van der Waals surface area (Å²) in [6.45, 7) is 6.27. The Labute approximate surface area is 208 Å². The number of rotatable bonds is 9. The van der Waals surface area contributed by atoms with Gasteiger partial charge in [0.05, 0.1) is 17.4 Å². The Morgan fingerprint density at radius 2 is 1.94 bits per heavy atom. The lowest BCUT2D eigenvalue weighted by Crippen LogP contribution is -2.33. The highest BCUT2D eigenvalue weighted by Gasteiger charge is 2.28. The molecule has 35 heavy (non-hydrogen) atoms. The molecule has 1 fully saturated rings. The number of pyridine rings is 3. The minimum absolute atomic E-state index is 0. The van der Waals surface area contributed by atoms with Crippen molar-refractivity contribution >= 4 is 21.7 Å². The third-order valence-corrected chi connectivity index (χ3v) is 6.70. The van der Waals surface area contributed by atoms with Gasteiger partial charge in [-0.15, -0.1) is 0 Å². The first-order valence-corrected chi connectivity index (χ1v) is 13.0. The molecule has 1 N–H and O–H groups in total. The number of sulfonamides is 1. The van der Waals surface area contributed by atoms with Crippen LogP contribution in [0.3, 0.4) is 0 Å². The van der Waals surface area contributed by atoms with Crippen LogP contribution in [0.4, 0.5) is 5.82 Å². The van der Waals surface area contributed by atoms with Crippen molar-refractivity contribution in [3.05, 3.63) is 59.9 Å². The molecule has 1 amide bonds. The highest BCUT2D eigenvalue weighted by Crippen LogP contribution is 2.32. The normalized spacial score (nSPS) is 13.5. The predicted octanol–water partition coefficient (Wildman–Crippen LogP) is 4.09. The van der Waals surface area contributed by atoms with Crippen molar-refractivity contribution in [3.63, 3.8) is 0 Å². The third-order valence-electron chi connectivity index (χ3n) is 5.46. The Balaban J connectivity index is 0.00000241. The highest BCUT2D eigenvalue weighted by atomic mass is 32.2. The number of ether oxygens (including phenoxy) is 1. The van der Waals surface area contributed by atoms with Gasteiger partial charge in [-0.05, 0) is 69.9 Å². The van der Waals surface area contributed by atoms with Crippen LogP contribution in [0, 0.1) is 12.8 Å². The molecule has 0 unspecified atom stereocenters. The molecule has 0 spiro atoms. The van der Waals surface area contributed by atoms with E-state index in [9.17, 15) is 13.2 Å². The summed E-state index contributed by atoms with van der Waals surface area (Å²) in [5, 5.41) is -0.210. The van der Waals surface area contributed by atoms with Crippen LogP contribution in [0.5, 0.6) is 5.88 Å². The van der Waals surface area contributed by atoms with Crippen molar-refractivity contribution in [2.75, 3.05) is 18.5 Å². The molecule has 1 aliphatic carbocycles. The molecule has 0 aromatic carbocycles. The number of aryl methyl sites for hydroxylation is 1. The Kier molecular flexibility index (Phi) is 7.02. The summed E-state index contributed by atoms with van der Waals surface area (Å²) in [7, 11) is -2.28. The van der Waals surface area contributed by atoms with Gasteiger partial charge in [-0.2, -0.15) is 8.42 Å². The number of carbonyl (C=O) groups excluding carboxylic acids is 1. The van der Waals surface area contributed by atoms with Crippen molar-refractivity contribution in [1.29, 1.82) is 0 Å². The SMILES string of the molecule is Cc1cccc(S(=O)(=O)NC(=O)c2ccc(-c3ccc(OC(C)C)nc3)nc2N(C)CC2CC2)n1.[HH].[HH]. The quantitative estimate of drug-likeness (QED) is 0.468. The van der Waals surface area contributed by atoms with Gasteiger partial charge >= 0.3 is 0 Å². The van der Waals surface area contributed by atoms with Gasteiger partial charge in [-0.25, -0.2) is 19.7 Å². The zero-order valence-electron chi connectivity index (χ0n) is 20.2. The lowest BCUT2D eigenvalue weighted by atomic mass is 10.1. The van der Waals surface area contributed by atoms with E-state index in [1.807, 2.05) is 31.9 Å². The number of amides is 1. The molecule has 0 saturated heterocycles. The average Bonchev–Trinajstić information content (AvgIpc) is 3.62. The van der Waals surface area contributed by atoms with Gasteiger partial charge in [0.1, 0.15) is 5.82 Å². The lowest BCUT2D eigenvalue weighted by Gasteiger charge is -2.21.